The first kappa shape index (κ1) is 81.0. The number of nitrogens with zero attached hydrogens (tertiary/aromatic N) is 1. The maximum atomic E-state index is 12.9. The van der Waals surface area contributed by atoms with Crippen LogP contribution in [0, 0.1) is 0 Å². The van der Waals surface area contributed by atoms with Gasteiger partial charge in [0.15, 0.2) is 12.4 Å². The van der Waals surface area contributed by atoms with Crippen molar-refractivity contribution in [3.63, 3.8) is 0 Å². The molecule has 2 atom stereocenters. The summed E-state index contributed by atoms with van der Waals surface area (Å²) in [6.45, 7) is 4.70. The van der Waals surface area contributed by atoms with Crippen LogP contribution in [0.25, 0.3) is 0 Å². The maximum Gasteiger partial charge on any atom is 0.306 e. The lowest BCUT2D eigenvalue weighted by Gasteiger charge is -2.26. The molecule has 0 aromatic rings. The van der Waals surface area contributed by atoms with E-state index >= 15 is 0 Å². The van der Waals surface area contributed by atoms with E-state index in [4.69, 9.17) is 18.9 Å². The summed E-state index contributed by atoms with van der Waals surface area (Å²) in [6.07, 6.45) is 83.2. The molecule has 0 aliphatic rings. The van der Waals surface area contributed by atoms with Crippen LogP contribution in [0.2, 0.25) is 0 Å². The Hall–Kier alpha value is -3.01. The van der Waals surface area contributed by atoms with Crippen LogP contribution in [0.4, 0.5) is 0 Å². The molecule has 0 bridgehead atoms. The molecule has 9 heteroatoms. The van der Waals surface area contributed by atoms with Crippen molar-refractivity contribution in [2.45, 2.75) is 354 Å². The normalized spacial score (nSPS) is 13.0. The van der Waals surface area contributed by atoms with Crippen LogP contribution in [-0.4, -0.2) is 82.3 Å². The van der Waals surface area contributed by atoms with Gasteiger partial charge in [0.2, 0.25) is 0 Å². The summed E-state index contributed by atoms with van der Waals surface area (Å²) < 4.78 is 22.8. The fourth-order valence-electron chi connectivity index (χ4n) is 10.6. The van der Waals surface area contributed by atoms with Gasteiger partial charge in [0.25, 0.3) is 0 Å². The molecule has 490 valence electrons. The maximum absolute atomic E-state index is 12.9. The van der Waals surface area contributed by atoms with Gasteiger partial charge in [-0.25, -0.2) is 0 Å². The molecular weight excluding hydrogens is 1040 g/mol. The van der Waals surface area contributed by atoms with Gasteiger partial charge in [-0.2, -0.15) is 0 Å². The monoisotopic (exact) mass is 1180 g/mol. The number of likely N-dealkylation sites (N-methyl/N-ethyl adjacent to an activating group) is 1. The molecule has 0 saturated carbocycles. The highest BCUT2D eigenvalue weighted by Crippen LogP contribution is 2.19. The summed E-state index contributed by atoms with van der Waals surface area (Å²) in [4.78, 5) is 37.5. The van der Waals surface area contributed by atoms with Gasteiger partial charge < -0.3 is 33.3 Å². The van der Waals surface area contributed by atoms with E-state index in [2.05, 4.69) is 74.6 Å². The summed E-state index contributed by atoms with van der Waals surface area (Å²) in [5, 5.41) is 11.8. The van der Waals surface area contributed by atoms with Gasteiger partial charge >= 0.3 is 11.9 Å². The third kappa shape index (κ3) is 66.5. The van der Waals surface area contributed by atoms with Gasteiger partial charge in [-0.05, 0) is 57.8 Å². The zero-order chi connectivity index (χ0) is 61.2. The zero-order valence-electron chi connectivity index (χ0n) is 56.0. The van der Waals surface area contributed by atoms with Crippen LogP contribution >= 0.6 is 0 Å². The number of carboxylic acids is 1. The standard InChI is InChI=1S/C75H137NO8/c1-6-8-10-12-14-16-18-20-22-24-26-28-29-30-31-32-33-34-35-36-37-38-39-40-41-42-43-44-45-46-48-50-52-54-56-58-60-62-64-66-73(78)84-71(70-83-75(74(79)80)81-68-67-76(3,4)5)69-82-72(77)65-63-61-59-57-55-53-51-49-47-27-25-23-21-19-17-15-13-11-9-7-2/h8,10,14,16,20,22,26,28,30-31,71,75H,6-7,9,11-13,15,17-19,21,23-25,27,29,32-70H2,1-5H3/b10-8-,16-14-,22-20-,28-26-,31-30-. The average molecular weight is 1180 g/mol. The van der Waals surface area contributed by atoms with Crippen molar-refractivity contribution in [3.8, 4) is 0 Å². The largest absolute Gasteiger partial charge is 0.545 e. The molecule has 0 aromatic carbocycles. The second kappa shape index (κ2) is 66.0. The smallest absolute Gasteiger partial charge is 0.306 e. The van der Waals surface area contributed by atoms with E-state index < -0.39 is 24.3 Å². The van der Waals surface area contributed by atoms with Crippen molar-refractivity contribution in [2.24, 2.45) is 0 Å². The Balaban J connectivity index is 3.98. The predicted molar refractivity (Wildman–Crippen MR) is 357 cm³/mol. The SMILES string of the molecule is CC/C=C\C/C=C\C/C=C\C/C=C\C/C=C\CCCCCCCCCCCCCCCCCCCCCCCCCC(=O)OC(COC(=O)CCCCCCCCCCCCCCCCCCCCCC)COC(OCC[N+](C)(C)C)C(=O)[O-]. The number of carbonyl (C=O) groups is 3. The van der Waals surface area contributed by atoms with Crippen molar-refractivity contribution < 1.29 is 42.9 Å². The number of carbonyl (C=O) groups excluding carboxylic acids is 3. The summed E-state index contributed by atoms with van der Waals surface area (Å²) in [5.41, 5.74) is 0. The van der Waals surface area contributed by atoms with E-state index in [9.17, 15) is 19.5 Å². The first-order valence-corrected chi connectivity index (χ1v) is 35.9. The molecule has 0 aliphatic carbocycles. The third-order valence-corrected chi connectivity index (χ3v) is 16.0. The molecule has 0 rings (SSSR count). The molecular formula is C75H137NO8. The van der Waals surface area contributed by atoms with Crippen molar-refractivity contribution in [1.29, 1.82) is 0 Å². The molecule has 0 fully saturated rings. The van der Waals surface area contributed by atoms with E-state index in [1.807, 2.05) is 21.1 Å². The van der Waals surface area contributed by atoms with Crippen molar-refractivity contribution in [1.82, 2.24) is 0 Å². The Morgan fingerprint density at radius 1 is 0.369 bits per heavy atom. The van der Waals surface area contributed by atoms with Gasteiger partial charge in [0.1, 0.15) is 13.2 Å². The summed E-state index contributed by atoms with van der Waals surface area (Å²) in [5.74, 6) is -2.25. The molecule has 0 spiro atoms. The van der Waals surface area contributed by atoms with Gasteiger partial charge in [0, 0.05) is 12.8 Å². The lowest BCUT2D eigenvalue weighted by molar-refractivity contribution is -0.870. The highest BCUT2D eigenvalue weighted by molar-refractivity contribution is 5.70. The van der Waals surface area contributed by atoms with E-state index in [0.717, 1.165) is 70.6 Å². The average Bonchev–Trinajstić information content (AvgIpc) is 3.52. The first-order chi connectivity index (χ1) is 41.1. The Morgan fingerprint density at radius 3 is 1.01 bits per heavy atom. The number of unbranched alkanes of at least 4 members (excludes halogenated alkanes) is 42. The number of allylic oxidation sites excluding steroid dienone is 10. The number of esters is 2. The van der Waals surface area contributed by atoms with Gasteiger partial charge in [-0.3, -0.25) is 9.59 Å². The Kier molecular flexibility index (Phi) is 63.6. The molecule has 9 nitrogen and oxygen atoms in total. The number of carboxylic acid groups (broad SMARTS) is 1. The molecule has 84 heavy (non-hydrogen) atoms. The Bertz CT molecular complexity index is 1560. The second-order valence-electron chi connectivity index (χ2n) is 25.5. The minimum Gasteiger partial charge on any atom is -0.545 e. The van der Waals surface area contributed by atoms with Gasteiger partial charge in [0.05, 0.1) is 40.3 Å². The minimum atomic E-state index is -1.62. The molecule has 0 amide bonds. The minimum absolute atomic E-state index is 0.150. The lowest BCUT2D eigenvalue weighted by Crippen LogP contribution is -2.44. The fraction of sp³-hybridized carbons (Fsp3) is 0.827. The van der Waals surface area contributed by atoms with Crippen LogP contribution in [0.5, 0.6) is 0 Å². The van der Waals surface area contributed by atoms with E-state index in [-0.39, 0.29) is 32.2 Å². The van der Waals surface area contributed by atoms with Gasteiger partial charge in [-0.1, -0.05) is 331 Å². The lowest BCUT2D eigenvalue weighted by atomic mass is 10.0. The van der Waals surface area contributed by atoms with Crippen LogP contribution in [0.15, 0.2) is 60.8 Å². The zero-order valence-corrected chi connectivity index (χ0v) is 56.0. The van der Waals surface area contributed by atoms with Crippen molar-refractivity contribution in [3.05, 3.63) is 60.8 Å². The van der Waals surface area contributed by atoms with Crippen LogP contribution < -0.4 is 5.11 Å². The molecule has 0 heterocycles. The molecule has 0 N–H and O–H groups in total. The number of aliphatic carboxylic acids is 1. The number of ether oxygens (including phenoxy) is 4. The molecule has 0 radical (unpaired) electrons. The highest BCUT2D eigenvalue weighted by atomic mass is 16.7. The first-order valence-electron chi connectivity index (χ1n) is 35.9. The third-order valence-electron chi connectivity index (χ3n) is 16.0. The molecule has 0 aromatic heterocycles. The Labute approximate surface area is 520 Å². The van der Waals surface area contributed by atoms with E-state index in [1.54, 1.807) is 0 Å². The van der Waals surface area contributed by atoms with Crippen molar-refractivity contribution >= 4 is 17.9 Å². The summed E-state index contributed by atoms with van der Waals surface area (Å²) in [6, 6.07) is 0. The fourth-order valence-corrected chi connectivity index (χ4v) is 10.6. The Morgan fingerprint density at radius 2 is 0.679 bits per heavy atom. The topological polar surface area (TPSA) is 111 Å². The predicted octanol–water partition coefficient (Wildman–Crippen LogP) is 21.0. The number of rotatable bonds is 67. The van der Waals surface area contributed by atoms with Crippen LogP contribution in [0.3, 0.4) is 0 Å². The highest BCUT2D eigenvalue weighted by Gasteiger charge is 2.22. The molecule has 2 unspecified atom stereocenters. The van der Waals surface area contributed by atoms with E-state index in [1.165, 1.54) is 244 Å². The molecule has 0 aliphatic heterocycles. The second-order valence-corrected chi connectivity index (χ2v) is 25.5. The van der Waals surface area contributed by atoms with Crippen LogP contribution in [0.1, 0.15) is 341 Å². The summed E-state index contributed by atoms with van der Waals surface area (Å²) in [7, 11) is 5.94. The molecule has 0 saturated heterocycles. The number of hydrogen-bond acceptors (Lipinski definition) is 8. The summed E-state index contributed by atoms with van der Waals surface area (Å²) >= 11 is 0. The van der Waals surface area contributed by atoms with Gasteiger partial charge in [-0.15, -0.1) is 0 Å². The van der Waals surface area contributed by atoms with Crippen LogP contribution in [-0.2, 0) is 33.3 Å². The van der Waals surface area contributed by atoms with E-state index in [0.29, 0.717) is 17.4 Å². The van der Waals surface area contributed by atoms with Crippen molar-refractivity contribution in [2.75, 3.05) is 47.5 Å². The number of hydrogen-bond donors (Lipinski definition) is 0. The quantitative estimate of drug-likeness (QED) is 0.0195. The number of quaternary nitrogens is 1.